The van der Waals surface area contributed by atoms with E-state index in [2.05, 4.69) is 24.1 Å². The van der Waals surface area contributed by atoms with Gasteiger partial charge in [0, 0.05) is 49.4 Å². The van der Waals surface area contributed by atoms with E-state index in [1.165, 1.54) is 0 Å². The van der Waals surface area contributed by atoms with E-state index in [9.17, 15) is 9.59 Å². The summed E-state index contributed by atoms with van der Waals surface area (Å²) >= 11 is 0. The number of hydrogen-bond donors (Lipinski definition) is 1. The van der Waals surface area contributed by atoms with Gasteiger partial charge in [0.25, 0.3) is 0 Å². The van der Waals surface area contributed by atoms with Gasteiger partial charge in [0.2, 0.25) is 11.8 Å². The predicted octanol–water partition coefficient (Wildman–Crippen LogP) is 5.05. The zero-order chi connectivity index (χ0) is 21.8. The molecular weight excluding hydrogens is 362 g/mol. The SMILES string of the molecule is CC[C@H](C)N(Cc1cc(NC(=O)C2CCCC2)ccc1N(C)C)C(=O)C(C)(C)C. The molecule has 0 saturated heterocycles. The van der Waals surface area contributed by atoms with Crippen LogP contribution < -0.4 is 10.2 Å². The molecule has 1 atom stereocenters. The summed E-state index contributed by atoms with van der Waals surface area (Å²) in [5.74, 6) is 0.401. The van der Waals surface area contributed by atoms with Crippen molar-refractivity contribution in [2.45, 2.75) is 79.3 Å². The Balaban J connectivity index is 2.31. The molecule has 1 aliphatic rings. The molecule has 162 valence electrons. The van der Waals surface area contributed by atoms with E-state index >= 15 is 0 Å². The molecule has 1 N–H and O–H groups in total. The van der Waals surface area contributed by atoms with Crippen LogP contribution in [0.5, 0.6) is 0 Å². The second-order valence-corrected chi connectivity index (χ2v) is 9.65. The van der Waals surface area contributed by atoms with Crippen LogP contribution in [-0.4, -0.2) is 36.9 Å². The zero-order valence-corrected chi connectivity index (χ0v) is 19.3. The smallest absolute Gasteiger partial charge is 0.228 e. The molecule has 2 amide bonds. The summed E-state index contributed by atoms with van der Waals surface area (Å²) in [7, 11) is 4.02. The Labute approximate surface area is 176 Å². The lowest BCUT2D eigenvalue weighted by molar-refractivity contribution is -0.142. The normalized spacial score (nSPS) is 15.8. The average Bonchev–Trinajstić information content (AvgIpc) is 3.19. The summed E-state index contributed by atoms with van der Waals surface area (Å²) in [6.45, 7) is 10.6. The third-order valence-electron chi connectivity index (χ3n) is 5.92. The first kappa shape index (κ1) is 23.2. The minimum absolute atomic E-state index is 0.121. The molecule has 0 aromatic heterocycles. The van der Waals surface area contributed by atoms with Gasteiger partial charge in [-0.2, -0.15) is 0 Å². The maximum absolute atomic E-state index is 13.1. The van der Waals surface area contributed by atoms with Gasteiger partial charge in [-0.1, -0.05) is 40.5 Å². The van der Waals surface area contributed by atoms with Crippen molar-refractivity contribution in [2.24, 2.45) is 11.3 Å². The summed E-state index contributed by atoms with van der Waals surface area (Å²) in [5.41, 5.74) is 2.50. The van der Waals surface area contributed by atoms with E-state index < -0.39 is 5.41 Å². The molecule has 0 heterocycles. The minimum atomic E-state index is -0.435. The van der Waals surface area contributed by atoms with Crippen LogP contribution in [0, 0.1) is 11.3 Å². The first-order valence-corrected chi connectivity index (χ1v) is 11.0. The second kappa shape index (κ2) is 9.64. The van der Waals surface area contributed by atoms with Gasteiger partial charge in [-0.05, 0) is 49.9 Å². The Hall–Kier alpha value is -2.04. The van der Waals surface area contributed by atoms with Crippen LogP contribution in [0.1, 0.15) is 72.3 Å². The van der Waals surface area contributed by atoms with E-state index in [1.807, 2.05) is 58.0 Å². The molecule has 0 radical (unpaired) electrons. The lowest BCUT2D eigenvalue weighted by atomic mass is 9.93. The maximum atomic E-state index is 13.1. The Morgan fingerprint density at radius 1 is 1.17 bits per heavy atom. The van der Waals surface area contributed by atoms with Gasteiger partial charge < -0.3 is 15.1 Å². The second-order valence-electron chi connectivity index (χ2n) is 9.65. The zero-order valence-electron chi connectivity index (χ0n) is 19.3. The number of nitrogens with one attached hydrogen (secondary N) is 1. The Morgan fingerprint density at radius 2 is 1.79 bits per heavy atom. The third kappa shape index (κ3) is 5.97. The summed E-state index contributed by atoms with van der Waals surface area (Å²) in [6.07, 6.45) is 5.15. The monoisotopic (exact) mass is 401 g/mol. The van der Waals surface area contributed by atoms with Gasteiger partial charge in [-0.25, -0.2) is 0 Å². The van der Waals surface area contributed by atoms with Crippen molar-refractivity contribution in [3.63, 3.8) is 0 Å². The molecule has 0 unspecified atom stereocenters. The van der Waals surface area contributed by atoms with Gasteiger partial charge in [0.05, 0.1) is 0 Å². The van der Waals surface area contributed by atoms with Crippen molar-refractivity contribution in [1.29, 1.82) is 0 Å². The molecule has 1 aromatic rings. The molecule has 1 aromatic carbocycles. The topological polar surface area (TPSA) is 52.7 Å². The standard InChI is InChI=1S/C24H39N3O2/c1-8-17(2)27(23(29)24(3,4)5)16-19-15-20(13-14-21(19)26(6)7)25-22(28)18-11-9-10-12-18/h13-15,17-18H,8-12,16H2,1-7H3,(H,25,28)/t17-/m0/s1. The van der Waals surface area contributed by atoms with Gasteiger partial charge >= 0.3 is 0 Å². The van der Waals surface area contributed by atoms with Crippen LogP contribution in [0.15, 0.2) is 18.2 Å². The molecule has 1 fully saturated rings. The Bertz CT molecular complexity index is 715. The molecule has 5 nitrogen and oxygen atoms in total. The molecule has 1 saturated carbocycles. The predicted molar refractivity (Wildman–Crippen MR) is 121 cm³/mol. The highest BCUT2D eigenvalue weighted by Crippen LogP contribution is 2.30. The minimum Gasteiger partial charge on any atom is -0.377 e. The quantitative estimate of drug-likeness (QED) is 0.695. The summed E-state index contributed by atoms with van der Waals surface area (Å²) in [6, 6.07) is 6.18. The lowest BCUT2D eigenvalue weighted by Crippen LogP contribution is -2.44. The summed E-state index contributed by atoms with van der Waals surface area (Å²) in [4.78, 5) is 29.7. The van der Waals surface area contributed by atoms with Gasteiger partial charge in [-0.3, -0.25) is 9.59 Å². The molecule has 29 heavy (non-hydrogen) atoms. The van der Waals surface area contributed by atoms with E-state index in [0.29, 0.717) is 6.54 Å². The van der Waals surface area contributed by atoms with E-state index in [0.717, 1.165) is 49.0 Å². The molecule has 1 aliphatic carbocycles. The lowest BCUT2D eigenvalue weighted by Gasteiger charge is -2.35. The number of anilines is 2. The highest BCUT2D eigenvalue weighted by atomic mass is 16.2. The number of carbonyl (C=O) groups excluding carboxylic acids is 2. The van der Waals surface area contributed by atoms with Crippen molar-refractivity contribution in [3.05, 3.63) is 23.8 Å². The van der Waals surface area contributed by atoms with Crippen molar-refractivity contribution >= 4 is 23.2 Å². The van der Waals surface area contributed by atoms with Crippen LogP contribution in [-0.2, 0) is 16.1 Å². The van der Waals surface area contributed by atoms with Crippen LogP contribution >= 0.6 is 0 Å². The van der Waals surface area contributed by atoms with Crippen LogP contribution in [0.25, 0.3) is 0 Å². The molecule has 2 rings (SSSR count). The molecule has 5 heteroatoms. The molecule has 0 aliphatic heterocycles. The van der Waals surface area contributed by atoms with Crippen molar-refractivity contribution < 1.29 is 9.59 Å². The number of nitrogens with zero attached hydrogens (tertiary/aromatic N) is 2. The van der Waals surface area contributed by atoms with Crippen LogP contribution in [0.3, 0.4) is 0 Å². The van der Waals surface area contributed by atoms with Crippen molar-refractivity contribution in [1.82, 2.24) is 4.90 Å². The van der Waals surface area contributed by atoms with E-state index in [1.54, 1.807) is 0 Å². The Kier molecular flexibility index (Phi) is 7.73. The van der Waals surface area contributed by atoms with Crippen molar-refractivity contribution in [3.8, 4) is 0 Å². The maximum Gasteiger partial charge on any atom is 0.228 e. The fourth-order valence-corrected chi connectivity index (χ4v) is 3.92. The van der Waals surface area contributed by atoms with Crippen molar-refractivity contribution in [2.75, 3.05) is 24.3 Å². The van der Waals surface area contributed by atoms with E-state index in [4.69, 9.17) is 0 Å². The molecule has 0 bridgehead atoms. The number of benzene rings is 1. The number of rotatable bonds is 7. The third-order valence-corrected chi connectivity index (χ3v) is 5.92. The van der Waals surface area contributed by atoms with E-state index in [-0.39, 0.29) is 23.8 Å². The van der Waals surface area contributed by atoms with Gasteiger partial charge in [-0.15, -0.1) is 0 Å². The fraction of sp³-hybridized carbons (Fsp3) is 0.667. The van der Waals surface area contributed by atoms with Crippen LogP contribution in [0.4, 0.5) is 11.4 Å². The fourth-order valence-electron chi connectivity index (χ4n) is 3.92. The average molecular weight is 402 g/mol. The molecule has 0 spiro atoms. The highest BCUT2D eigenvalue weighted by molar-refractivity contribution is 5.93. The first-order valence-electron chi connectivity index (χ1n) is 11.0. The number of carbonyl (C=O) groups is 2. The number of amides is 2. The Morgan fingerprint density at radius 3 is 2.31 bits per heavy atom. The van der Waals surface area contributed by atoms with Gasteiger partial charge in [0.1, 0.15) is 0 Å². The highest BCUT2D eigenvalue weighted by Gasteiger charge is 2.30. The summed E-state index contributed by atoms with van der Waals surface area (Å²) in [5, 5.41) is 3.11. The summed E-state index contributed by atoms with van der Waals surface area (Å²) < 4.78 is 0. The first-order chi connectivity index (χ1) is 13.5. The van der Waals surface area contributed by atoms with Gasteiger partial charge in [0.15, 0.2) is 0 Å². The molecular formula is C24H39N3O2. The number of hydrogen-bond acceptors (Lipinski definition) is 3. The van der Waals surface area contributed by atoms with Crippen LogP contribution in [0.2, 0.25) is 0 Å². The largest absolute Gasteiger partial charge is 0.377 e.